The minimum Gasteiger partial charge on any atom is -0.630 e. The molecular formula is C24H26N2OY3-6. The van der Waals surface area contributed by atoms with Gasteiger partial charge >= 0.3 is 0 Å². The van der Waals surface area contributed by atoms with Crippen molar-refractivity contribution in [3.8, 4) is 0 Å². The molecule has 0 saturated carbocycles. The van der Waals surface area contributed by atoms with Gasteiger partial charge < -0.3 is 52.3 Å². The van der Waals surface area contributed by atoms with E-state index < -0.39 is 0 Å². The third kappa shape index (κ3) is 11.3. The first-order valence-electron chi connectivity index (χ1n) is 8.52. The van der Waals surface area contributed by atoms with E-state index in [0.717, 1.165) is 39.5 Å². The SMILES string of the molecule is [CH-]=Cc1[c-][nH]c(C)c1C.[CH-]=Cc1[c-]c(C)c(C)[nH]1.[CH-]=Cc1[c-]c(C)c(C)o1.[Y].[Y].[Y]. The Balaban J connectivity index is -0.000000347. The van der Waals surface area contributed by atoms with Crippen molar-refractivity contribution in [3.63, 3.8) is 0 Å². The van der Waals surface area contributed by atoms with Crippen molar-refractivity contribution in [1.82, 2.24) is 9.97 Å². The Morgan fingerprint density at radius 3 is 1.57 bits per heavy atom. The van der Waals surface area contributed by atoms with Gasteiger partial charge in [-0.2, -0.15) is 17.5 Å². The molecule has 153 valence electrons. The first-order valence-corrected chi connectivity index (χ1v) is 8.52. The number of hydrogen-bond donors (Lipinski definition) is 2. The molecule has 3 nitrogen and oxygen atoms in total. The van der Waals surface area contributed by atoms with Crippen molar-refractivity contribution in [3.05, 3.63) is 88.9 Å². The Kier molecular flexibility index (Phi) is 20.8. The van der Waals surface area contributed by atoms with Crippen LogP contribution in [0.1, 0.15) is 50.9 Å². The second kappa shape index (κ2) is 17.9. The average molecular weight is 625 g/mol. The molecule has 3 aromatic heterocycles. The number of aryl methyl sites for hydroxylation is 5. The molecule has 0 aliphatic carbocycles. The van der Waals surface area contributed by atoms with Crippen LogP contribution in [-0.2, 0) is 98.1 Å². The zero-order valence-corrected chi connectivity index (χ0v) is 27.1. The van der Waals surface area contributed by atoms with Gasteiger partial charge in [0.2, 0.25) is 0 Å². The van der Waals surface area contributed by atoms with E-state index in [2.05, 4.69) is 28.3 Å². The average Bonchev–Trinajstić information content (AvgIpc) is 3.28. The van der Waals surface area contributed by atoms with Crippen LogP contribution in [0.3, 0.4) is 0 Å². The van der Waals surface area contributed by atoms with Crippen LogP contribution in [-0.4, -0.2) is 9.97 Å². The zero-order valence-electron chi connectivity index (χ0n) is 18.6. The van der Waals surface area contributed by atoms with Crippen LogP contribution < -0.4 is 0 Å². The van der Waals surface area contributed by atoms with Crippen molar-refractivity contribution >= 4 is 18.2 Å². The van der Waals surface area contributed by atoms with E-state index in [0.29, 0.717) is 5.76 Å². The molecule has 0 unspecified atom stereocenters. The number of nitrogens with one attached hydrogen (secondary N) is 2. The molecule has 0 aromatic carbocycles. The maximum Gasteiger partial charge on any atom is 0 e. The summed E-state index contributed by atoms with van der Waals surface area (Å²) in [7, 11) is 0. The molecule has 0 aliphatic rings. The van der Waals surface area contributed by atoms with Crippen LogP contribution in [0.4, 0.5) is 0 Å². The Bertz CT molecular complexity index is 828. The van der Waals surface area contributed by atoms with E-state index in [4.69, 9.17) is 24.2 Å². The number of H-pyrrole nitrogens is 2. The summed E-state index contributed by atoms with van der Waals surface area (Å²) in [6.45, 7) is 27.5. The summed E-state index contributed by atoms with van der Waals surface area (Å²) in [4.78, 5) is 6.01. The Labute approximate surface area is 257 Å². The molecule has 3 aromatic rings. The smallest absolute Gasteiger partial charge is 0 e. The number of rotatable bonds is 3. The molecule has 0 bridgehead atoms. The maximum atomic E-state index is 5.29. The third-order valence-corrected chi connectivity index (χ3v) is 4.14. The Morgan fingerprint density at radius 2 is 1.37 bits per heavy atom. The normalized spacial score (nSPS) is 8.60. The van der Waals surface area contributed by atoms with Crippen molar-refractivity contribution in [2.24, 2.45) is 0 Å². The van der Waals surface area contributed by atoms with E-state index in [1.165, 1.54) is 17.7 Å². The number of furan rings is 1. The van der Waals surface area contributed by atoms with Crippen LogP contribution in [0, 0.1) is 79.6 Å². The number of hydrogen-bond acceptors (Lipinski definition) is 1. The van der Waals surface area contributed by atoms with Gasteiger partial charge in [-0.3, -0.25) is 11.6 Å². The molecule has 2 N–H and O–H groups in total. The maximum absolute atomic E-state index is 5.29. The fourth-order valence-electron chi connectivity index (χ4n) is 2.04. The third-order valence-electron chi connectivity index (χ3n) is 4.14. The summed E-state index contributed by atoms with van der Waals surface area (Å²) in [5.41, 5.74) is 7.42. The van der Waals surface area contributed by atoms with E-state index in [-0.39, 0.29) is 98.1 Å². The van der Waals surface area contributed by atoms with Gasteiger partial charge in [-0.05, 0) is 5.76 Å². The van der Waals surface area contributed by atoms with E-state index in [1.54, 1.807) is 6.08 Å². The monoisotopic (exact) mass is 625 g/mol. The Hall–Kier alpha value is 0.372. The summed E-state index contributed by atoms with van der Waals surface area (Å²) in [6, 6.07) is 6.00. The molecule has 0 saturated heterocycles. The van der Waals surface area contributed by atoms with Crippen LogP contribution >= 0.6 is 0 Å². The molecule has 3 radical (unpaired) electrons. The fraction of sp³-hybridized carbons (Fsp3) is 0.250. The summed E-state index contributed by atoms with van der Waals surface area (Å²) in [6.07, 6.45) is 7.39. The second-order valence-electron chi connectivity index (χ2n) is 6.10. The minimum atomic E-state index is 0. The first-order chi connectivity index (χ1) is 12.7. The molecule has 30 heavy (non-hydrogen) atoms. The fourth-order valence-corrected chi connectivity index (χ4v) is 2.04. The minimum absolute atomic E-state index is 0. The van der Waals surface area contributed by atoms with Crippen molar-refractivity contribution in [2.45, 2.75) is 41.5 Å². The van der Waals surface area contributed by atoms with E-state index in [1.807, 2.05) is 41.5 Å². The predicted octanol–water partition coefficient (Wildman–Crippen LogP) is 5.89. The molecule has 0 aliphatic heterocycles. The molecule has 0 atom stereocenters. The van der Waals surface area contributed by atoms with Crippen molar-refractivity contribution in [2.75, 3.05) is 0 Å². The molecule has 0 fully saturated rings. The molecule has 6 heteroatoms. The number of aromatic amines is 2. The van der Waals surface area contributed by atoms with Gasteiger partial charge in [0.1, 0.15) is 0 Å². The second-order valence-corrected chi connectivity index (χ2v) is 6.10. The van der Waals surface area contributed by atoms with Gasteiger partial charge in [0.25, 0.3) is 0 Å². The van der Waals surface area contributed by atoms with Crippen LogP contribution in [0.15, 0.2) is 4.42 Å². The van der Waals surface area contributed by atoms with Crippen LogP contribution in [0.5, 0.6) is 0 Å². The number of aromatic nitrogens is 2. The van der Waals surface area contributed by atoms with Gasteiger partial charge in [0.05, 0.1) is 0 Å². The topological polar surface area (TPSA) is 44.7 Å². The molecular weight excluding hydrogens is 599 g/mol. The zero-order chi connectivity index (χ0) is 20.6. The van der Waals surface area contributed by atoms with Gasteiger partial charge in [-0.25, -0.2) is 17.3 Å². The van der Waals surface area contributed by atoms with Gasteiger partial charge in [0.15, 0.2) is 0 Å². The van der Waals surface area contributed by atoms with Crippen molar-refractivity contribution < 1.29 is 103 Å². The predicted molar refractivity (Wildman–Crippen MR) is 112 cm³/mol. The summed E-state index contributed by atoms with van der Waals surface area (Å²) >= 11 is 0. The van der Waals surface area contributed by atoms with Crippen LogP contribution in [0.25, 0.3) is 18.2 Å². The molecule has 3 heterocycles. The van der Waals surface area contributed by atoms with Gasteiger partial charge in [0, 0.05) is 98.1 Å². The Morgan fingerprint density at radius 1 is 0.767 bits per heavy atom. The quantitative estimate of drug-likeness (QED) is 0.351. The summed E-state index contributed by atoms with van der Waals surface area (Å²) in [5.74, 6) is 1.50. The van der Waals surface area contributed by atoms with Crippen molar-refractivity contribution in [1.29, 1.82) is 0 Å². The van der Waals surface area contributed by atoms with Gasteiger partial charge in [-0.1, -0.05) is 41.5 Å². The molecule has 0 amide bonds. The van der Waals surface area contributed by atoms with E-state index >= 15 is 0 Å². The van der Waals surface area contributed by atoms with E-state index in [9.17, 15) is 0 Å². The molecule has 3 rings (SSSR count). The summed E-state index contributed by atoms with van der Waals surface area (Å²) in [5, 5.41) is 0. The van der Waals surface area contributed by atoms with Gasteiger partial charge in [-0.15, -0.1) is 17.0 Å². The summed E-state index contributed by atoms with van der Waals surface area (Å²) < 4.78 is 5.13. The molecule has 0 spiro atoms. The first kappa shape index (κ1) is 35.0. The van der Waals surface area contributed by atoms with Crippen LogP contribution in [0.2, 0.25) is 0 Å². The standard InChI is InChI=1S/2C8H9N.C8H8O.3Y/c1-4-8-5-9-7(3)6(8)2;2*1-4-8-5-6(2)7(3)9-8;;;/h2*1,4,9H,2-3H3;1,4H,2-3H3;;;/q3*-2;;;. The largest absolute Gasteiger partial charge is 0.630 e.